The van der Waals surface area contributed by atoms with E-state index in [1.165, 1.54) is 11.3 Å². The number of hydrogen-bond acceptors (Lipinski definition) is 5. The summed E-state index contributed by atoms with van der Waals surface area (Å²) in [5.74, 6) is -0.177. The Morgan fingerprint density at radius 1 is 0.966 bits per heavy atom. The molecule has 0 N–H and O–H groups in total. The van der Waals surface area contributed by atoms with Crippen LogP contribution in [0.2, 0.25) is 0 Å². The normalized spacial score (nSPS) is 17.3. The van der Waals surface area contributed by atoms with E-state index >= 15 is 0 Å². The summed E-state index contributed by atoms with van der Waals surface area (Å²) in [4.78, 5) is 41.0. The molecule has 1 aromatic carbocycles. The Hall–Kier alpha value is -3.42. The van der Waals surface area contributed by atoms with Gasteiger partial charge in [-0.3, -0.25) is 14.4 Å². The number of carbonyl (C=O) groups excluding carboxylic acids is 3. The summed E-state index contributed by atoms with van der Waals surface area (Å²) in [6.07, 6.45) is 2.04. The van der Waals surface area contributed by atoms with Crippen LogP contribution < -0.4 is 5.01 Å². The van der Waals surface area contributed by atoms with Crippen molar-refractivity contribution in [2.24, 2.45) is 5.10 Å². The molecule has 0 atom stereocenters. The molecule has 1 fully saturated rings. The lowest BCUT2D eigenvalue weighted by Gasteiger charge is -2.35. The minimum absolute atomic E-state index is 0.124. The van der Waals surface area contributed by atoms with Crippen LogP contribution in [0, 0.1) is 6.92 Å². The van der Waals surface area contributed by atoms with Crippen molar-refractivity contribution in [2.75, 3.05) is 31.2 Å². The standard InChI is InChI=1S/C21H22N4O4/c1-15-4-2-5-16(14-15)25-19(26)8-7-17(22-25)20(27)23-9-11-24(12-10-23)21(28)18-6-3-13-29-18/h2-6,13-14H,7-12H2,1H3. The van der Waals surface area contributed by atoms with Crippen molar-refractivity contribution in [3.05, 3.63) is 54.0 Å². The molecule has 0 unspecified atom stereocenters. The number of benzene rings is 1. The van der Waals surface area contributed by atoms with Crippen LogP contribution in [0.5, 0.6) is 0 Å². The van der Waals surface area contributed by atoms with Gasteiger partial charge in [0.2, 0.25) is 5.91 Å². The number of hydrogen-bond donors (Lipinski definition) is 0. The molecule has 150 valence electrons. The molecular weight excluding hydrogens is 372 g/mol. The summed E-state index contributed by atoms with van der Waals surface area (Å²) in [5, 5.41) is 5.68. The quantitative estimate of drug-likeness (QED) is 0.797. The van der Waals surface area contributed by atoms with Crippen molar-refractivity contribution in [3.8, 4) is 0 Å². The highest BCUT2D eigenvalue weighted by atomic mass is 16.3. The van der Waals surface area contributed by atoms with Crippen LogP contribution in [0.15, 0.2) is 52.2 Å². The third kappa shape index (κ3) is 3.91. The average Bonchev–Trinajstić information content (AvgIpc) is 3.28. The first-order chi connectivity index (χ1) is 14.0. The second-order valence-corrected chi connectivity index (χ2v) is 7.15. The number of hydrazone groups is 1. The first kappa shape index (κ1) is 18.9. The van der Waals surface area contributed by atoms with Crippen molar-refractivity contribution in [1.29, 1.82) is 0 Å². The summed E-state index contributed by atoms with van der Waals surface area (Å²) in [5.41, 5.74) is 2.05. The zero-order valence-corrected chi connectivity index (χ0v) is 16.2. The zero-order valence-electron chi connectivity index (χ0n) is 16.2. The maximum absolute atomic E-state index is 12.9. The van der Waals surface area contributed by atoms with Crippen LogP contribution in [0.3, 0.4) is 0 Å². The van der Waals surface area contributed by atoms with Gasteiger partial charge >= 0.3 is 0 Å². The Morgan fingerprint density at radius 2 is 1.69 bits per heavy atom. The van der Waals surface area contributed by atoms with Crippen LogP contribution in [0.4, 0.5) is 5.69 Å². The Balaban J connectivity index is 1.43. The Bertz CT molecular complexity index is 959. The van der Waals surface area contributed by atoms with Gasteiger partial charge in [-0.05, 0) is 36.8 Å². The van der Waals surface area contributed by atoms with Crippen molar-refractivity contribution in [3.63, 3.8) is 0 Å². The molecule has 4 rings (SSSR count). The second-order valence-electron chi connectivity index (χ2n) is 7.15. The minimum atomic E-state index is -0.180. The first-order valence-electron chi connectivity index (χ1n) is 9.62. The van der Waals surface area contributed by atoms with E-state index in [2.05, 4.69) is 5.10 Å². The van der Waals surface area contributed by atoms with Gasteiger partial charge in [0.05, 0.1) is 12.0 Å². The smallest absolute Gasteiger partial charge is 0.289 e. The fraction of sp³-hybridized carbons (Fsp3) is 0.333. The SMILES string of the molecule is Cc1cccc(N2N=C(C(=O)N3CCN(C(=O)c4ccco4)CC3)CCC2=O)c1. The molecule has 8 nitrogen and oxygen atoms in total. The molecule has 1 aromatic heterocycles. The van der Waals surface area contributed by atoms with E-state index in [4.69, 9.17) is 4.42 Å². The topological polar surface area (TPSA) is 86.4 Å². The number of rotatable bonds is 3. The van der Waals surface area contributed by atoms with Gasteiger partial charge in [-0.2, -0.15) is 5.10 Å². The van der Waals surface area contributed by atoms with Crippen LogP contribution in [0.1, 0.15) is 29.0 Å². The van der Waals surface area contributed by atoms with Crippen molar-refractivity contribution >= 4 is 29.1 Å². The molecule has 0 aliphatic carbocycles. The highest BCUT2D eigenvalue weighted by molar-refractivity contribution is 6.40. The summed E-state index contributed by atoms with van der Waals surface area (Å²) >= 11 is 0. The number of anilines is 1. The second kappa shape index (κ2) is 7.90. The maximum Gasteiger partial charge on any atom is 0.289 e. The fourth-order valence-electron chi connectivity index (χ4n) is 3.52. The Morgan fingerprint density at radius 3 is 2.34 bits per heavy atom. The molecule has 8 heteroatoms. The molecule has 0 saturated carbocycles. The number of amides is 3. The highest BCUT2D eigenvalue weighted by Crippen LogP contribution is 2.22. The summed E-state index contributed by atoms with van der Waals surface area (Å²) in [6.45, 7) is 3.64. The molecule has 29 heavy (non-hydrogen) atoms. The third-order valence-corrected chi connectivity index (χ3v) is 5.11. The van der Waals surface area contributed by atoms with Crippen molar-refractivity contribution < 1.29 is 18.8 Å². The van der Waals surface area contributed by atoms with E-state index in [1.807, 2.05) is 25.1 Å². The molecule has 3 heterocycles. The zero-order chi connectivity index (χ0) is 20.4. The number of nitrogens with zero attached hydrogens (tertiary/aromatic N) is 4. The van der Waals surface area contributed by atoms with Gasteiger partial charge in [-0.25, -0.2) is 5.01 Å². The molecule has 2 aromatic rings. The van der Waals surface area contributed by atoms with E-state index in [-0.39, 0.29) is 24.1 Å². The fourth-order valence-corrected chi connectivity index (χ4v) is 3.52. The highest BCUT2D eigenvalue weighted by Gasteiger charge is 2.31. The van der Waals surface area contributed by atoms with E-state index < -0.39 is 0 Å². The van der Waals surface area contributed by atoms with Crippen molar-refractivity contribution in [1.82, 2.24) is 9.80 Å². The lowest BCUT2D eigenvalue weighted by atomic mass is 10.1. The number of aryl methyl sites for hydroxylation is 1. The van der Waals surface area contributed by atoms with E-state index in [1.54, 1.807) is 28.0 Å². The van der Waals surface area contributed by atoms with Gasteiger partial charge in [0.1, 0.15) is 5.71 Å². The maximum atomic E-state index is 12.9. The van der Waals surface area contributed by atoms with Gasteiger partial charge in [-0.15, -0.1) is 0 Å². The average molecular weight is 394 g/mol. The van der Waals surface area contributed by atoms with Gasteiger partial charge in [0, 0.05) is 39.0 Å². The summed E-state index contributed by atoms with van der Waals surface area (Å²) < 4.78 is 5.16. The summed E-state index contributed by atoms with van der Waals surface area (Å²) in [7, 11) is 0. The lowest BCUT2D eigenvalue weighted by Crippen LogP contribution is -2.52. The van der Waals surface area contributed by atoms with E-state index in [0.717, 1.165) is 5.56 Å². The van der Waals surface area contributed by atoms with Crippen LogP contribution in [-0.4, -0.2) is 59.4 Å². The number of piperazine rings is 1. The Kier molecular flexibility index (Phi) is 5.16. The predicted octanol–water partition coefficient (Wildman–Crippen LogP) is 2.06. The predicted molar refractivity (Wildman–Crippen MR) is 107 cm³/mol. The molecule has 1 saturated heterocycles. The monoisotopic (exact) mass is 394 g/mol. The lowest BCUT2D eigenvalue weighted by molar-refractivity contribution is -0.125. The molecule has 0 radical (unpaired) electrons. The van der Waals surface area contributed by atoms with Gasteiger partial charge in [-0.1, -0.05) is 12.1 Å². The molecule has 0 bridgehead atoms. The van der Waals surface area contributed by atoms with Gasteiger partial charge in [0.25, 0.3) is 11.8 Å². The molecule has 2 aliphatic heterocycles. The minimum Gasteiger partial charge on any atom is -0.459 e. The van der Waals surface area contributed by atoms with Gasteiger partial charge in [0.15, 0.2) is 5.76 Å². The Labute approximate surface area is 168 Å². The molecule has 2 aliphatic rings. The molecule has 0 spiro atoms. The van der Waals surface area contributed by atoms with E-state index in [9.17, 15) is 14.4 Å². The molecular formula is C21H22N4O4. The van der Waals surface area contributed by atoms with Crippen LogP contribution >= 0.6 is 0 Å². The van der Waals surface area contributed by atoms with Crippen LogP contribution in [-0.2, 0) is 9.59 Å². The van der Waals surface area contributed by atoms with Gasteiger partial charge < -0.3 is 14.2 Å². The summed E-state index contributed by atoms with van der Waals surface area (Å²) in [6, 6.07) is 10.8. The van der Waals surface area contributed by atoms with E-state index in [0.29, 0.717) is 49.8 Å². The molecule has 3 amide bonds. The number of furan rings is 1. The van der Waals surface area contributed by atoms with Crippen LogP contribution in [0.25, 0.3) is 0 Å². The third-order valence-electron chi connectivity index (χ3n) is 5.11. The van der Waals surface area contributed by atoms with Crippen molar-refractivity contribution in [2.45, 2.75) is 19.8 Å². The largest absolute Gasteiger partial charge is 0.459 e. The number of carbonyl (C=O) groups is 3. The first-order valence-corrected chi connectivity index (χ1v) is 9.62.